The van der Waals surface area contributed by atoms with Crippen LogP contribution in [-0.4, -0.2) is 26.3 Å². The molecule has 0 aromatic carbocycles. The number of carbonyl (C=O) groups excluding carboxylic acids is 1. The number of nitrogens with one attached hydrogen (secondary N) is 1. The summed E-state index contributed by atoms with van der Waals surface area (Å²) in [5.74, 6) is -1.58. The summed E-state index contributed by atoms with van der Waals surface area (Å²) in [6.07, 6.45) is 0. The highest BCUT2D eigenvalue weighted by molar-refractivity contribution is 7.11. The fourth-order valence-corrected chi connectivity index (χ4v) is 2.68. The summed E-state index contributed by atoms with van der Waals surface area (Å²) in [7, 11) is 0. The summed E-state index contributed by atoms with van der Waals surface area (Å²) in [6.45, 7) is 3.28. The maximum atomic E-state index is 12.1. The monoisotopic (exact) mass is 311 g/mol. The fourth-order valence-electron chi connectivity index (χ4n) is 1.64. The van der Waals surface area contributed by atoms with Crippen molar-refractivity contribution in [2.75, 3.05) is 5.32 Å². The van der Waals surface area contributed by atoms with Gasteiger partial charge in [0.15, 0.2) is 0 Å². The summed E-state index contributed by atoms with van der Waals surface area (Å²) in [4.78, 5) is 27.2. The maximum Gasteiger partial charge on any atom is 0.340 e. The van der Waals surface area contributed by atoms with Gasteiger partial charge in [0.25, 0.3) is 5.91 Å². The molecule has 8 heteroatoms. The molecule has 0 saturated heterocycles. The Morgan fingerprint density at radius 2 is 2.05 bits per heavy atom. The third-order valence-electron chi connectivity index (χ3n) is 2.49. The lowest BCUT2D eigenvalue weighted by molar-refractivity contribution is 0.0697. The molecule has 0 fully saturated rings. The minimum Gasteiger partial charge on any atom is -0.478 e. The highest BCUT2D eigenvalue weighted by Gasteiger charge is 2.20. The number of halogens is 1. The molecule has 0 unspecified atom stereocenters. The molecule has 0 aliphatic heterocycles. The highest BCUT2D eigenvalue weighted by atomic mass is 35.5. The number of carboxylic acids is 1. The number of aryl methyl sites for hydroxylation is 2. The Bertz CT molecular complexity index is 679. The fraction of sp³-hybridized carbons (Fsp3) is 0.167. The second-order valence-electron chi connectivity index (χ2n) is 4.05. The van der Waals surface area contributed by atoms with Crippen LogP contribution in [0.2, 0.25) is 5.15 Å². The Kier molecular flexibility index (Phi) is 4.01. The Labute approximate surface area is 123 Å². The van der Waals surface area contributed by atoms with E-state index in [0.29, 0.717) is 17.0 Å². The van der Waals surface area contributed by atoms with Gasteiger partial charge in [-0.1, -0.05) is 11.6 Å². The second kappa shape index (κ2) is 5.56. The van der Waals surface area contributed by atoms with E-state index < -0.39 is 11.9 Å². The molecule has 0 bridgehead atoms. The molecule has 6 nitrogen and oxygen atoms in total. The van der Waals surface area contributed by atoms with Crippen LogP contribution in [0.15, 0.2) is 12.1 Å². The summed E-state index contributed by atoms with van der Waals surface area (Å²) >= 11 is 6.71. The number of pyridine rings is 1. The van der Waals surface area contributed by atoms with Gasteiger partial charge >= 0.3 is 5.97 Å². The standard InChI is InChI=1S/C12H10ClN3O3S/c1-5-3-7(4-8(13)14-5)10(17)15-11-9(12(18)19)6(2)16-20-11/h3-4H,1-2H3,(H,15,17)(H,18,19). The zero-order valence-corrected chi connectivity index (χ0v) is 12.2. The third-order valence-corrected chi connectivity index (χ3v) is 3.54. The number of hydrogen-bond acceptors (Lipinski definition) is 5. The van der Waals surface area contributed by atoms with Crippen LogP contribution in [0.5, 0.6) is 0 Å². The largest absolute Gasteiger partial charge is 0.478 e. The van der Waals surface area contributed by atoms with E-state index >= 15 is 0 Å². The van der Waals surface area contributed by atoms with Gasteiger partial charge in [0.05, 0.1) is 5.69 Å². The smallest absolute Gasteiger partial charge is 0.340 e. The Morgan fingerprint density at radius 1 is 1.35 bits per heavy atom. The van der Waals surface area contributed by atoms with E-state index in [4.69, 9.17) is 16.7 Å². The summed E-state index contributed by atoms with van der Waals surface area (Å²) in [6, 6.07) is 2.98. The first-order chi connectivity index (χ1) is 9.38. The first-order valence-electron chi connectivity index (χ1n) is 5.53. The molecule has 104 valence electrons. The van der Waals surface area contributed by atoms with E-state index in [1.165, 1.54) is 6.07 Å². The lowest BCUT2D eigenvalue weighted by Gasteiger charge is -2.05. The lowest BCUT2D eigenvalue weighted by Crippen LogP contribution is -2.14. The van der Waals surface area contributed by atoms with E-state index in [0.717, 1.165) is 11.5 Å². The molecule has 2 aromatic rings. The molecule has 2 rings (SSSR count). The molecular formula is C12H10ClN3O3S. The molecule has 0 radical (unpaired) electrons. The van der Waals surface area contributed by atoms with Crippen LogP contribution in [0.1, 0.15) is 32.1 Å². The Balaban J connectivity index is 2.30. The molecule has 2 aromatic heterocycles. The predicted molar refractivity (Wildman–Crippen MR) is 75.7 cm³/mol. The van der Waals surface area contributed by atoms with Crippen LogP contribution in [-0.2, 0) is 0 Å². The first kappa shape index (κ1) is 14.4. The van der Waals surface area contributed by atoms with Crippen molar-refractivity contribution in [3.05, 3.63) is 39.8 Å². The molecule has 0 atom stereocenters. The second-order valence-corrected chi connectivity index (χ2v) is 5.21. The SMILES string of the molecule is Cc1cc(C(=O)Nc2snc(C)c2C(=O)O)cc(Cl)n1. The van der Waals surface area contributed by atoms with Gasteiger partial charge in [0.1, 0.15) is 15.7 Å². The number of carbonyl (C=O) groups is 2. The molecule has 20 heavy (non-hydrogen) atoms. The predicted octanol–water partition coefficient (Wildman–Crippen LogP) is 2.76. The van der Waals surface area contributed by atoms with Gasteiger partial charge in [-0.25, -0.2) is 9.78 Å². The summed E-state index contributed by atoms with van der Waals surface area (Å²) < 4.78 is 3.93. The van der Waals surface area contributed by atoms with Gasteiger partial charge in [-0.15, -0.1) is 0 Å². The van der Waals surface area contributed by atoms with Crippen molar-refractivity contribution in [3.8, 4) is 0 Å². The number of nitrogens with zero attached hydrogens (tertiary/aromatic N) is 2. The van der Waals surface area contributed by atoms with Gasteiger partial charge in [-0.05, 0) is 37.5 Å². The molecule has 0 spiro atoms. The highest BCUT2D eigenvalue weighted by Crippen LogP contribution is 2.25. The number of carboxylic acid groups (broad SMARTS) is 1. The molecule has 2 heterocycles. The van der Waals surface area contributed by atoms with Crippen molar-refractivity contribution in [2.24, 2.45) is 0 Å². The Morgan fingerprint density at radius 3 is 2.65 bits per heavy atom. The van der Waals surface area contributed by atoms with Crippen molar-refractivity contribution < 1.29 is 14.7 Å². The van der Waals surface area contributed by atoms with Crippen molar-refractivity contribution in [1.82, 2.24) is 9.36 Å². The normalized spacial score (nSPS) is 10.3. The minimum atomic E-state index is -1.13. The van der Waals surface area contributed by atoms with Crippen LogP contribution < -0.4 is 5.32 Å². The lowest BCUT2D eigenvalue weighted by atomic mass is 10.2. The van der Waals surface area contributed by atoms with Crippen molar-refractivity contribution in [3.63, 3.8) is 0 Å². The average molecular weight is 312 g/mol. The molecule has 0 aliphatic rings. The van der Waals surface area contributed by atoms with Crippen LogP contribution in [0, 0.1) is 13.8 Å². The third kappa shape index (κ3) is 2.94. The zero-order chi connectivity index (χ0) is 14.9. The van der Waals surface area contributed by atoms with E-state index in [9.17, 15) is 9.59 Å². The van der Waals surface area contributed by atoms with E-state index in [1.54, 1.807) is 19.9 Å². The van der Waals surface area contributed by atoms with Crippen LogP contribution >= 0.6 is 23.1 Å². The first-order valence-corrected chi connectivity index (χ1v) is 6.68. The Hall–Kier alpha value is -1.99. The van der Waals surface area contributed by atoms with Gasteiger partial charge in [0, 0.05) is 11.3 Å². The van der Waals surface area contributed by atoms with Crippen molar-refractivity contribution in [2.45, 2.75) is 13.8 Å². The van der Waals surface area contributed by atoms with Crippen LogP contribution in [0.4, 0.5) is 5.00 Å². The number of hydrogen-bond donors (Lipinski definition) is 2. The quantitative estimate of drug-likeness (QED) is 0.850. The molecule has 0 aliphatic carbocycles. The van der Waals surface area contributed by atoms with E-state index in [2.05, 4.69) is 14.7 Å². The molecule has 0 saturated carbocycles. The number of amides is 1. The maximum absolute atomic E-state index is 12.1. The van der Waals surface area contributed by atoms with Gasteiger partial charge in [-0.3, -0.25) is 4.79 Å². The van der Waals surface area contributed by atoms with E-state index in [-0.39, 0.29) is 15.7 Å². The average Bonchev–Trinajstić information content (AvgIpc) is 2.69. The van der Waals surface area contributed by atoms with Gasteiger partial charge < -0.3 is 10.4 Å². The molecular weight excluding hydrogens is 302 g/mol. The van der Waals surface area contributed by atoms with Crippen LogP contribution in [0.25, 0.3) is 0 Å². The number of rotatable bonds is 3. The topological polar surface area (TPSA) is 92.2 Å². The van der Waals surface area contributed by atoms with Crippen LogP contribution in [0.3, 0.4) is 0 Å². The van der Waals surface area contributed by atoms with E-state index in [1.807, 2.05) is 0 Å². The minimum absolute atomic E-state index is 0.000208. The number of aromatic nitrogens is 2. The number of aromatic carboxylic acids is 1. The van der Waals surface area contributed by atoms with Crippen molar-refractivity contribution >= 4 is 40.0 Å². The zero-order valence-electron chi connectivity index (χ0n) is 10.6. The molecule has 1 amide bonds. The summed E-state index contributed by atoms with van der Waals surface area (Å²) in [5, 5.41) is 12.0. The van der Waals surface area contributed by atoms with Gasteiger partial charge in [-0.2, -0.15) is 4.37 Å². The molecule has 2 N–H and O–H groups in total. The number of anilines is 1. The summed E-state index contributed by atoms with van der Waals surface area (Å²) in [5.41, 5.74) is 1.27. The van der Waals surface area contributed by atoms with Crippen molar-refractivity contribution in [1.29, 1.82) is 0 Å². The van der Waals surface area contributed by atoms with Gasteiger partial charge in [0.2, 0.25) is 0 Å².